The lowest BCUT2D eigenvalue weighted by Crippen LogP contribution is -2.10. The molecule has 1 N–H and O–H groups in total. The minimum atomic E-state index is 0.354. The van der Waals surface area contributed by atoms with Gasteiger partial charge in [0.1, 0.15) is 0 Å². The van der Waals surface area contributed by atoms with Gasteiger partial charge in [-0.2, -0.15) is 0 Å². The Morgan fingerprint density at radius 3 is 2.39 bits per heavy atom. The molecule has 1 saturated heterocycles. The molecule has 100 valence electrons. The molecule has 5 heteroatoms. The van der Waals surface area contributed by atoms with Crippen LogP contribution in [0.15, 0.2) is 6.07 Å². The molecule has 0 saturated carbocycles. The van der Waals surface area contributed by atoms with E-state index in [-0.39, 0.29) is 0 Å². The predicted molar refractivity (Wildman–Crippen MR) is 71.3 cm³/mol. The van der Waals surface area contributed by atoms with Crippen LogP contribution in [0.2, 0.25) is 5.02 Å². The Kier molecular flexibility index (Phi) is 4.19. The van der Waals surface area contributed by atoms with Gasteiger partial charge in [-0.05, 0) is 13.0 Å². The van der Waals surface area contributed by atoms with E-state index in [2.05, 4.69) is 5.32 Å². The average Bonchev–Trinajstić information content (AvgIpc) is 2.90. The van der Waals surface area contributed by atoms with Gasteiger partial charge in [0, 0.05) is 24.1 Å². The summed E-state index contributed by atoms with van der Waals surface area (Å²) >= 11 is 6.36. The normalized spacial score (nSPS) is 18.8. The van der Waals surface area contributed by atoms with Crippen molar-refractivity contribution >= 4 is 11.6 Å². The van der Waals surface area contributed by atoms with Crippen molar-refractivity contribution < 1.29 is 14.2 Å². The van der Waals surface area contributed by atoms with E-state index in [4.69, 9.17) is 25.8 Å². The molecule has 0 spiro atoms. The Hall–Kier alpha value is -1.13. The van der Waals surface area contributed by atoms with Crippen LogP contribution in [0.5, 0.6) is 17.2 Å². The molecule has 1 aliphatic heterocycles. The molecule has 1 aromatic carbocycles. The van der Waals surface area contributed by atoms with E-state index >= 15 is 0 Å². The molecule has 1 atom stereocenters. The molecule has 0 amide bonds. The zero-order valence-electron chi connectivity index (χ0n) is 10.9. The van der Waals surface area contributed by atoms with E-state index < -0.39 is 0 Å². The van der Waals surface area contributed by atoms with Gasteiger partial charge in [-0.15, -0.1) is 0 Å². The number of halogens is 1. The lowest BCUT2D eigenvalue weighted by atomic mass is 9.96. The van der Waals surface area contributed by atoms with Gasteiger partial charge < -0.3 is 19.5 Å². The number of benzene rings is 1. The maximum Gasteiger partial charge on any atom is 0.203 e. The SMILES string of the molecule is COc1cc(Cl)c(C2CCNC2)c(OC)c1OC. The number of rotatable bonds is 4. The second-order valence-corrected chi connectivity index (χ2v) is 4.64. The summed E-state index contributed by atoms with van der Waals surface area (Å²) in [7, 11) is 4.81. The van der Waals surface area contributed by atoms with Crippen LogP contribution >= 0.6 is 11.6 Å². The van der Waals surface area contributed by atoms with Gasteiger partial charge in [-0.25, -0.2) is 0 Å². The van der Waals surface area contributed by atoms with Crippen LogP contribution in [0.1, 0.15) is 17.9 Å². The van der Waals surface area contributed by atoms with Gasteiger partial charge in [0.2, 0.25) is 5.75 Å². The highest BCUT2D eigenvalue weighted by molar-refractivity contribution is 6.32. The van der Waals surface area contributed by atoms with Crippen molar-refractivity contribution in [3.05, 3.63) is 16.7 Å². The quantitative estimate of drug-likeness (QED) is 0.913. The zero-order valence-corrected chi connectivity index (χ0v) is 11.6. The Balaban J connectivity index is 2.56. The van der Waals surface area contributed by atoms with Crippen molar-refractivity contribution in [2.24, 2.45) is 0 Å². The van der Waals surface area contributed by atoms with E-state index in [0.29, 0.717) is 28.2 Å². The first-order valence-corrected chi connectivity index (χ1v) is 6.29. The van der Waals surface area contributed by atoms with Gasteiger partial charge in [0.25, 0.3) is 0 Å². The molecule has 0 radical (unpaired) electrons. The minimum Gasteiger partial charge on any atom is -0.493 e. The first kappa shape index (κ1) is 13.3. The van der Waals surface area contributed by atoms with Crippen LogP contribution < -0.4 is 19.5 Å². The van der Waals surface area contributed by atoms with E-state index in [1.54, 1.807) is 27.4 Å². The summed E-state index contributed by atoms with van der Waals surface area (Å²) in [6, 6.07) is 1.79. The average molecular weight is 272 g/mol. The second kappa shape index (κ2) is 5.67. The Bertz CT molecular complexity index is 431. The maximum absolute atomic E-state index is 6.36. The van der Waals surface area contributed by atoms with Gasteiger partial charge in [0.05, 0.1) is 26.4 Å². The largest absolute Gasteiger partial charge is 0.493 e. The number of hydrogen-bond donors (Lipinski definition) is 1. The molecular weight excluding hydrogens is 254 g/mol. The monoisotopic (exact) mass is 271 g/mol. The second-order valence-electron chi connectivity index (χ2n) is 4.23. The van der Waals surface area contributed by atoms with Crippen LogP contribution in [-0.2, 0) is 0 Å². The fraction of sp³-hybridized carbons (Fsp3) is 0.538. The highest BCUT2D eigenvalue weighted by Crippen LogP contribution is 2.47. The summed E-state index contributed by atoms with van der Waals surface area (Å²) in [5, 5.41) is 3.99. The fourth-order valence-corrected chi connectivity index (χ4v) is 2.77. The fourth-order valence-electron chi connectivity index (χ4n) is 2.43. The van der Waals surface area contributed by atoms with Crippen molar-refractivity contribution in [2.75, 3.05) is 34.4 Å². The lowest BCUT2D eigenvalue weighted by molar-refractivity contribution is 0.321. The Morgan fingerprint density at radius 2 is 1.89 bits per heavy atom. The number of nitrogens with one attached hydrogen (secondary N) is 1. The van der Waals surface area contributed by atoms with Crippen LogP contribution in [0.3, 0.4) is 0 Å². The molecule has 1 aromatic rings. The highest BCUT2D eigenvalue weighted by atomic mass is 35.5. The summed E-state index contributed by atoms with van der Waals surface area (Å²) in [5.74, 6) is 2.23. The van der Waals surface area contributed by atoms with Crippen LogP contribution in [0, 0.1) is 0 Å². The highest BCUT2D eigenvalue weighted by Gasteiger charge is 2.27. The summed E-state index contributed by atoms with van der Waals surface area (Å²) in [6.07, 6.45) is 1.05. The van der Waals surface area contributed by atoms with Crippen LogP contribution in [0.4, 0.5) is 0 Å². The van der Waals surface area contributed by atoms with Crippen molar-refractivity contribution in [3.8, 4) is 17.2 Å². The number of hydrogen-bond acceptors (Lipinski definition) is 4. The van der Waals surface area contributed by atoms with Gasteiger partial charge >= 0.3 is 0 Å². The molecular formula is C13H18ClNO3. The molecule has 0 bridgehead atoms. The molecule has 4 nitrogen and oxygen atoms in total. The van der Waals surface area contributed by atoms with Crippen molar-refractivity contribution in [1.82, 2.24) is 5.32 Å². The molecule has 2 rings (SSSR count). The third-order valence-corrected chi connectivity index (χ3v) is 3.60. The molecule has 1 fully saturated rings. The number of methoxy groups -OCH3 is 3. The molecule has 1 aliphatic rings. The van der Waals surface area contributed by atoms with Gasteiger partial charge in [-0.3, -0.25) is 0 Å². The molecule has 1 unspecified atom stereocenters. The van der Waals surface area contributed by atoms with Crippen molar-refractivity contribution in [1.29, 1.82) is 0 Å². The summed E-state index contributed by atoms with van der Waals surface area (Å²) in [6.45, 7) is 1.91. The summed E-state index contributed by atoms with van der Waals surface area (Å²) in [5.41, 5.74) is 1.00. The standard InChI is InChI=1S/C13H18ClNO3/c1-16-10-6-9(14)11(8-4-5-15-7-8)13(18-3)12(10)17-2/h6,8,15H,4-5,7H2,1-3H3. The predicted octanol–water partition coefficient (Wildman–Crippen LogP) is 2.44. The van der Waals surface area contributed by atoms with E-state index in [1.807, 2.05) is 0 Å². The summed E-state index contributed by atoms with van der Waals surface area (Å²) in [4.78, 5) is 0. The number of ether oxygens (including phenoxy) is 3. The first-order valence-electron chi connectivity index (χ1n) is 5.92. The molecule has 0 aromatic heterocycles. The van der Waals surface area contributed by atoms with Crippen molar-refractivity contribution in [2.45, 2.75) is 12.3 Å². The third kappa shape index (κ3) is 2.22. The Morgan fingerprint density at radius 1 is 1.17 bits per heavy atom. The van der Waals surface area contributed by atoms with Crippen LogP contribution in [-0.4, -0.2) is 34.4 Å². The lowest BCUT2D eigenvalue weighted by Gasteiger charge is -2.20. The zero-order chi connectivity index (χ0) is 13.1. The minimum absolute atomic E-state index is 0.354. The van der Waals surface area contributed by atoms with Gasteiger partial charge in [-0.1, -0.05) is 11.6 Å². The maximum atomic E-state index is 6.36. The molecule has 18 heavy (non-hydrogen) atoms. The van der Waals surface area contributed by atoms with E-state index in [0.717, 1.165) is 25.1 Å². The third-order valence-electron chi connectivity index (χ3n) is 3.29. The van der Waals surface area contributed by atoms with E-state index in [1.165, 1.54) is 0 Å². The topological polar surface area (TPSA) is 39.7 Å². The van der Waals surface area contributed by atoms with Crippen LogP contribution in [0.25, 0.3) is 0 Å². The van der Waals surface area contributed by atoms with Crippen molar-refractivity contribution in [3.63, 3.8) is 0 Å². The van der Waals surface area contributed by atoms with Gasteiger partial charge in [0.15, 0.2) is 11.5 Å². The molecule has 1 heterocycles. The molecule has 0 aliphatic carbocycles. The Labute approximate surface area is 112 Å². The smallest absolute Gasteiger partial charge is 0.203 e. The van der Waals surface area contributed by atoms with E-state index in [9.17, 15) is 0 Å². The summed E-state index contributed by atoms with van der Waals surface area (Å²) < 4.78 is 16.1. The first-order chi connectivity index (χ1) is 8.72.